The summed E-state index contributed by atoms with van der Waals surface area (Å²) < 4.78 is 0. The number of carboxylic acid groups (broad SMARTS) is 1. The molecule has 0 aromatic carbocycles. The number of carboxylic acids is 1. The molecule has 3 N–H and O–H groups in total. The van der Waals surface area contributed by atoms with Crippen molar-refractivity contribution in [2.75, 3.05) is 5.32 Å². The summed E-state index contributed by atoms with van der Waals surface area (Å²) in [7, 11) is 0. The van der Waals surface area contributed by atoms with Gasteiger partial charge >= 0.3 is 12.0 Å². The molecule has 16 heavy (non-hydrogen) atoms. The number of aliphatic carboxylic acids is 1. The van der Waals surface area contributed by atoms with Crippen LogP contribution in [0.25, 0.3) is 0 Å². The lowest BCUT2D eigenvalue weighted by molar-refractivity contribution is -0.140. The first kappa shape index (κ1) is 12.4. The van der Waals surface area contributed by atoms with E-state index in [0.29, 0.717) is 5.13 Å². The smallest absolute Gasteiger partial charge is 0.326 e. The minimum absolute atomic E-state index is 0.181. The highest BCUT2D eigenvalue weighted by Crippen LogP contribution is 2.10. The monoisotopic (exact) mass is 243 g/mol. The van der Waals surface area contributed by atoms with E-state index in [1.165, 1.54) is 11.3 Å². The molecule has 0 spiro atoms. The Hall–Kier alpha value is -1.63. The number of urea groups is 1. The Kier molecular flexibility index (Phi) is 4.24. The lowest BCUT2D eigenvalue weighted by Gasteiger charge is -2.17. The molecule has 6 nitrogen and oxygen atoms in total. The molecule has 1 unspecified atom stereocenters. The fraction of sp³-hybridized carbons (Fsp3) is 0.444. The molecule has 1 rings (SSSR count). The number of anilines is 1. The van der Waals surface area contributed by atoms with E-state index in [0.717, 1.165) is 0 Å². The summed E-state index contributed by atoms with van der Waals surface area (Å²) in [6, 6.07) is -1.46. The van der Waals surface area contributed by atoms with Gasteiger partial charge in [-0.15, -0.1) is 11.3 Å². The Bertz CT molecular complexity index is 364. The van der Waals surface area contributed by atoms with Crippen molar-refractivity contribution in [3.8, 4) is 0 Å². The Labute approximate surface area is 96.7 Å². The van der Waals surface area contributed by atoms with E-state index in [1.54, 1.807) is 25.4 Å². The van der Waals surface area contributed by atoms with Crippen LogP contribution in [0.2, 0.25) is 0 Å². The number of amides is 2. The Morgan fingerprint density at radius 3 is 2.62 bits per heavy atom. The van der Waals surface area contributed by atoms with Crippen molar-refractivity contribution >= 4 is 28.5 Å². The maximum absolute atomic E-state index is 11.4. The Balaban J connectivity index is 2.52. The maximum atomic E-state index is 11.4. The largest absolute Gasteiger partial charge is 0.480 e. The minimum atomic E-state index is -1.05. The van der Waals surface area contributed by atoms with Gasteiger partial charge in [0.2, 0.25) is 0 Å². The summed E-state index contributed by atoms with van der Waals surface area (Å²) in [5.74, 6) is -1.23. The van der Waals surface area contributed by atoms with Crippen LogP contribution in [0.1, 0.15) is 13.8 Å². The number of hydrogen-bond donors (Lipinski definition) is 3. The highest BCUT2D eigenvalue weighted by atomic mass is 32.1. The van der Waals surface area contributed by atoms with Crippen LogP contribution in [-0.4, -0.2) is 28.1 Å². The topological polar surface area (TPSA) is 91.3 Å². The molecule has 0 aliphatic rings. The number of thiazole rings is 1. The summed E-state index contributed by atoms with van der Waals surface area (Å²) >= 11 is 1.26. The first-order chi connectivity index (χ1) is 7.50. The predicted octanol–water partition coefficient (Wildman–Crippen LogP) is 1.37. The molecule has 1 aromatic rings. The Morgan fingerprint density at radius 2 is 2.19 bits per heavy atom. The molecule has 88 valence electrons. The van der Waals surface area contributed by atoms with E-state index in [1.807, 2.05) is 0 Å². The number of nitrogens with one attached hydrogen (secondary N) is 2. The van der Waals surface area contributed by atoms with Gasteiger partial charge in [0.1, 0.15) is 6.04 Å². The van der Waals surface area contributed by atoms with Crippen LogP contribution in [-0.2, 0) is 4.79 Å². The third-order valence-electron chi connectivity index (χ3n) is 1.87. The van der Waals surface area contributed by atoms with Crippen LogP contribution in [0.3, 0.4) is 0 Å². The molecule has 0 bridgehead atoms. The summed E-state index contributed by atoms with van der Waals surface area (Å²) in [6.45, 7) is 3.45. The third-order valence-corrected chi connectivity index (χ3v) is 2.56. The van der Waals surface area contributed by atoms with Crippen LogP contribution in [0.4, 0.5) is 9.93 Å². The summed E-state index contributed by atoms with van der Waals surface area (Å²) in [5, 5.41) is 15.8. The molecule has 0 saturated heterocycles. The molecule has 1 atom stereocenters. The second-order valence-electron chi connectivity index (χ2n) is 3.50. The van der Waals surface area contributed by atoms with Crippen LogP contribution in [0.15, 0.2) is 11.6 Å². The predicted molar refractivity (Wildman–Crippen MR) is 60.5 cm³/mol. The zero-order valence-electron chi connectivity index (χ0n) is 8.93. The van der Waals surface area contributed by atoms with E-state index >= 15 is 0 Å². The van der Waals surface area contributed by atoms with Crippen molar-refractivity contribution in [1.29, 1.82) is 0 Å². The van der Waals surface area contributed by atoms with E-state index in [-0.39, 0.29) is 5.92 Å². The fourth-order valence-corrected chi connectivity index (χ4v) is 1.60. The van der Waals surface area contributed by atoms with Crippen LogP contribution >= 0.6 is 11.3 Å². The maximum Gasteiger partial charge on any atom is 0.326 e. The van der Waals surface area contributed by atoms with Gasteiger partial charge in [0.25, 0.3) is 0 Å². The molecule has 0 saturated carbocycles. The van der Waals surface area contributed by atoms with Gasteiger partial charge in [-0.25, -0.2) is 14.6 Å². The summed E-state index contributed by atoms with van der Waals surface area (Å²) in [5.41, 5.74) is 0. The van der Waals surface area contributed by atoms with Gasteiger partial charge in [-0.05, 0) is 5.92 Å². The normalized spacial score (nSPS) is 12.2. The molecule has 0 fully saturated rings. The first-order valence-corrected chi connectivity index (χ1v) is 5.58. The van der Waals surface area contributed by atoms with Crippen molar-refractivity contribution in [1.82, 2.24) is 10.3 Å². The molecular weight excluding hydrogens is 230 g/mol. The van der Waals surface area contributed by atoms with E-state index in [4.69, 9.17) is 5.11 Å². The Morgan fingerprint density at radius 1 is 1.50 bits per heavy atom. The van der Waals surface area contributed by atoms with Crippen molar-refractivity contribution in [3.05, 3.63) is 11.6 Å². The molecule has 1 aromatic heterocycles. The van der Waals surface area contributed by atoms with Crippen molar-refractivity contribution in [2.24, 2.45) is 5.92 Å². The van der Waals surface area contributed by atoms with Gasteiger partial charge in [0, 0.05) is 11.6 Å². The van der Waals surface area contributed by atoms with Crippen molar-refractivity contribution < 1.29 is 14.7 Å². The molecule has 7 heteroatoms. The number of carbonyl (C=O) groups is 2. The summed E-state index contributed by atoms with van der Waals surface area (Å²) in [4.78, 5) is 26.1. The lowest BCUT2D eigenvalue weighted by atomic mass is 10.1. The highest BCUT2D eigenvalue weighted by molar-refractivity contribution is 7.13. The molecule has 2 amide bonds. The molecule has 0 aliphatic carbocycles. The number of aromatic nitrogens is 1. The number of nitrogens with zero attached hydrogens (tertiary/aromatic N) is 1. The lowest BCUT2D eigenvalue weighted by Crippen LogP contribution is -2.46. The van der Waals surface area contributed by atoms with Crippen molar-refractivity contribution in [2.45, 2.75) is 19.9 Å². The minimum Gasteiger partial charge on any atom is -0.480 e. The van der Waals surface area contributed by atoms with Gasteiger partial charge in [-0.3, -0.25) is 5.32 Å². The standard InChI is InChI=1S/C9H13N3O3S/c1-5(2)6(7(13)14)11-8(15)12-9-10-3-4-16-9/h3-6H,1-2H3,(H,13,14)(H2,10,11,12,15). The molecular formula is C9H13N3O3S. The second-order valence-corrected chi connectivity index (χ2v) is 4.39. The van der Waals surface area contributed by atoms with E-state index < -0.39 is 18.0 Å². The molecule has 0 aliphatic heterocycles. The second kappa shape index (κ2) is 5.45. The number of hydrogen-bond acceptors (Lipinski definition) is 4. The number of rotatable bonds is 4. The average Bonchev–Trinajstić information content (AvgIpc) is 2.65. The first-order valence-electron chi connectivity index (χ1n) is 4.70. The fourth-order valence-electron chi connectivity index (χ4n) is 1.07. The van der Waals surface area contributed by atoms with E-state index in [2.05, 4.69) is 15.6 Å². The van der Waals surface area contributed by atoms with Crippen LogP contribution in [0.5, 0.6) is 0 Å². The van der Waals surface area contributed by atoms with Gasteiger partial charge in [-0.2, -0.15) is 0 Å². The van der Waals surface area contributed by atoms with Crippen LogP contribution < -0.4 is 10.6 Å². The van der Waals surface area contributed by atoms with Crippen molar-refractivity contribution in [3.63, 3.8) is 0 Å². The zero-order chi connectivity index (χ0) is 12.1. The SMILES string of the molecule is CC(C)C(NC(=O)Nc1nccs1)C(=O)O. The molecule has 1 heterocycles. The van der Waals surface area contributed by atoms with Gasteiger partial charge in [0.15, 0.2) is 5.13 Å². The summed E-state index contributed by atoms with van der Waals surface area (Å²) in [6.07, 6.45) is 1.55. The average molecular weight is 243 g/mol. The quantitative estimate of drug-likeness (QED) is 0.744. The molecule has 0 radical (unpaired) electrons. The highest BCUT2D eigenvalue weighted by Gasteiger charge is 2.23. The van der Waals surface area contributed by atoms with Crippen LogP contribution in [0, 0.1) is 5.92 Å². The third kappa shape index (κ3) is 3.50. The van der Waals surface area contributed by atoms with Gasteiger partial charge in [-0.1, -0.05) is 13.8 Å². The number of carbonyl (C=O) groups excluding carboxylic acids is 1. The van der Waals surface area contributed by atoms with Gasteiger partial charge < -0.3 is 10.4 Å². The zero-order valence-corrected chi connectivity index (χ0v) is 9.75. The van der Waals surface area contributed by atoms with E-state index in [9.17, 15) is 9.59 Å². The van der Waals surface area contributed by atoms with Gasteiger partial charge in [0.05, 0.1) is 0 Å².